The van der Waals surface area contributed by atoms with Crippen molar-refractivity contribution in [1.29, 1.82) is 0 Å². The van der Waals surface area contributed by atoms with Crippen LogP contribution in [0.5, 0.6) is 5.75 Å². The molecular formula is C6I5O-. The number of rotatable bonds is 0. The van der Waals surface area contributed by atoms with Crippen LogP contribution in [0.4, 0.5) is 0 Å². The molecule has 1 aromatic carbocycles. The lowest BCUT2D eigenvalue weighted by Gasteiger charge is -2.16. The predicted molar refractivity (Wildman–Crippen MR) is 89.5 cm³/mol. The van der Waals surface area contributed by atoms with Gasteiger partial charge < -0.3 is 5.11 Å². The molecule has 0 aliphatic heterocycles. The molecule has 0 saturated carbocycles. The van der Waals surface area contributed by atoms with Crippen LogP contribution in [0, 0.1) is 17.9 Å². The van der Waals surface area contributed by atoms with Crippen LogP contribution in [-0.2, 0) is 0 Å². The molecule has 1 nitrogen and oxygen atoms in total. The number of hydrogen-bond acceptors (Lipinski definition) is 1. The molecule has 0 radical (unpaired) electrons. The minimum atomic E-state index is 0.158. The van der Waals surface area contributed by atoms with E-state index < -0.39 is 0 Å². The summed E-state index contributed by atoms with van der Waals surface area (Å²) in [6, 6.07) is 0. The molecule has 0 spiro atoms. The summed E-state index contributed by atoms with van der Waals surface area (Å²) in [7, 11) is 0. The highest BCUT2D eigenvalue weighted by Gasteiger charge is 2.11. The van der Waals surface area contributed by atoms with Gasteiger partial charge in [-0.15, -0.1) is 0 Å². The van der Waals surface area contributed by atoms with Gasteiger partial charge in [0.1, 0.15) is 0 Å². The van der Waals surface area contributed by atoms with E-state index in [0.29, 0.717) is 0 Å². The molecule has 0 bridgehead atoms. The third kappa shape index (κ3) is 2.43. The highest BCUT2D eigenvalue weighted by Crippen LogP contribution is 2.35. The van der Waals surface area contributed by atoms with Gasteiger partial charge in [0.25, 0.3) is 0 Å². The van der Waals surface area contributed by atoms with Crippen molar-refractivity contribution >= 4 is 113 Å². The first-order valence-electron chi connectivity index (χ1n) is 2.65. The van der Waals surface area contributed by atoms with E-state index in [1.165, 1.54) is 3.57 Å². The summed E-state index contributed by atoms with van der Waals surface area (Å²) in [5.74, 6) is 0.158. The number of halogens is 5. The summed E-state index contributed by atoms with van der Waals surface area (Å²) in [6.07, 6.45) is 0. The minimum absolute atomic E-state index is 0.158. The topological polar surface area (TPSA) is 23.1 Å². The standard InChI is InChI=1S/C6HI5O/c7-1-2(8)4(10)6(12)5(11)3(1)9/h12H/p-1. The molecule has 0 atom stereocenters. The van der Waals surface area contributed by atoms with Crippen LogP contribution in [0.2, 0.25) is 0 Å². The summed E-state index contributed by atoms with van der Waals surface area (Å²) in [4.78, 5) is 0. The maximum Gasteiger partial charge on any atom is 0.0418 e. The lowest BCUT2D eigenvalue weighted by Crippen LogP contribution is -2.03. The van der Waals surface area contributed by atoms with Crippen LogP contribution < -0.4 is 5.11 Å². The zero-order valence-corrected chi connectivity index (χ0v) is 16.1. The third-order valence-electron chi connectivity index (χ3n) is 1.17. The maximum atomic E-state index is 11.5. The van der Waals surface area contributed by atoms with Crippen molar-refractivity contribution in [3.05, 3.63) is 17.9 Å². The molecular weight excluding hydrogens is 723 g/mol. The van der Waals surface area contributed by atoms with Crippen molar-refractivity contribution in [2.75, 3.05) is 0 Å². The Morgan fingerprint density at radius 2 is 0.833 bits per heavy atom. The van der Waals surface area contributed by atoms with E-state index in [1.54, 1.807) is 0 Å². The van der Waals surface area contributed by atoms with Gasteiger partial charge in [0.15, 0.2) is 0 Å². The average Bonchev–Trinajstić information content (AvgIpc) is 2.08. The van der Waals surface area contributed by atoms with Gasteiger partial charge in [0, 0.05) is 17.9 Å². The van der Waals surface area contributed by atoms with Crippen molar-refractivity contribution in [2.45, 2.75) is 0 Å². The first-order valence-corrected chi connectivity index (χ1v) is 8.04. The smallest absolute Gasteiger partial charge is 0.0418 e. The zero-order chi connectivity index (χ0) is 9.46. The van der Waals surface area contributed by atoms with Gasteiger partial charge in [-0.2, -0.15) is 0 Å². The molecule has 12 heavy (non-hydrogen) atoms. The molecule has 0 heterocycles. The Balaban J connectivity index is 3.60. The molecule has 0 aliphatic carbocycles. The van der Waals surface area contributed by atoms with Gasteiger partial charge in [0.05, 0.1) is 0 Å². The SMILES string of the molecule is [O-]c1c(I)c(I)c(I)c(I)c1I. The van der Waals surface area contributed by atoms with Crippen molar-refractivity contribution in [2.24, 2.45) is 0 Å². The first kappa shape index (κ1) is 12.7. The molecule has 66 valence electrons. The molecule has 0 unspecified atom stereocenters. The van der Waals surface area contributed by atoms with E-state index in [-0.39, 0.29) is 5.75 Å². The van der Waals surface area contributed by atoms with Crippen LogP contribution in [0.1, 0.15) is 0 Å². The monoisotopic (exact) mass is 723 g/mol. The van der Waals surface area contributed by atoms with Gasteiger partial charge in [-0.3, -0.25) is 0 Å². The third-order valence-corrected chi connectivity index (χ3v) is 10.6. The van der Waals surface area contributed by atoms with E-state index in [1.807, 2.05) is 0 Å². The molecule has 1 aromatic rings. The van der Waals surface area contributed by atoms with Crippen LogP contribution in [0.15, 0.2) is 0 Å². The van der Waals surface area contributed by atoms with Crippen molar-refractivity contribution in [3.63, 3.8) is 0 Å². The lowest BCUT2D eigenvalue weighted by atomic mass is 10.3. The summed E-state index contributed by atoms with van der Waals surface area (Å²) < 4.78 is 5.00. The van der Waals surface area contributed by atoms with Crippen molar-refractivity contribution in [3.8, 4) is 5.75 Å². The fourth-order valence-corrected chi connectivity index (χ4v) is 5.30. The van der Waals surface area contributed by atoms with Crippen LogP contribution in [0.25, 0.3) is 0 Å². The number of hydrogen-bond donors (Lipinski definition) is 0. The number of benzene rings is 1. The molecule has 0 saturated heterocycles. The highest BCUT2D eigenvalue weighted by atomic mass is 127. The maximum absolute atomic E-state index is 11.5. The van der Waals surface area contributed by atoms with E-state index in [0.717, 1.165) is 14.3 Å². The highest BCUT2D eigenvalue weighted by molar-refractivity contribution is 14.1. The molecule has 1 rings (SSSR count). The van der Waals surface area contributed by atoms with Crippen LogP contribution in [-0.4, -0.2) is 0 Å². The van der Waals surface area contributed by atoms with E-state index in [9.17, 15) is 5.11 Å². The summed E-state index contributed by atoms with van der Waals surface area (Å²) >= 11 is 10.9. The van der Waals surface area contributed by atoms with Gasteiger partial charge in [0.2, 0.25) is 0 Å². The average molecular weight is 723 g/mol. The Hall–Kier alpha value is 2.67. The van der Waals surface area contributed by atoms with Gasteiger partial charge in [-0.05, 0) is 113 Å². The van der Waals surface area contributed by atoms with E-state index >= 15 is 0 Å². The largest absolute Gasteiger partial charge is 0.871 e. The Morgan fingerprint density at radius 3 is 1.17 bits per heavy atom. The summed E-state index contributed by atoms with van der Waals surface area (Å²) in [6.45, 7) is 0. The quantitative estimate of drug-likeness (QED) is 0.228. The molecule has 0 N–H and O–H groups in total. The molecule has 6 heteroatoms. The molecule has 0 amide bonds. The van der Waals surface area contributed by atoms with Crippen LogP contribution in [0.3, 0.4) is 0 Å². The second-order valence-corrected chi connectivity index (χ2v) is 7.29. The Bertz CT molecular complexity index is 230. The lowest BCUT2D eigenvalue weighted by molar-refractivity contribution is -0.271. The Labute approximate surface area is 139 Å². The second kappa shape index (κ2) is 5.14. The zero-order valence-electron chi connectivity index (χ0n) is 5.30. The van der Waals surface area contributed by atoms with E-state index in [2.05, 4.69) is 113 Å². The fourth-order valence-electron chi connectivity index (χ4n) is 0.585. The van der Waals surface area contributed by atoms with Gasteiger partial charge in [-0.25, -0.2) is 0 Å². The fraction of sp³-hybridized carbons (Fsp3) is 0. The van der Waals surface area contributed by atoms with Crippen molar-refractivity contribution in [1.82, 2.24) is 0 Å². The van der Waals surface area contributed by atoms with Gasteiger partial charge in [-0.1, -0.05) is 5.75 Å². The summed E-state index contributed by atoms with van der Waals surface area (Å²) in [5, 5.41) is 11.5. The molecule has 0 aliphatic rings. The molecule has 0 fully saturated rings. The predicted octanol–water partition coefficient (Wildman–Crippen LogP) is 3.78. The normalized spacial score (nSPS) is 10.4. The Kier molecular flexibility index (Phi) is 5.45. The van der Waals surface area contributed by atoms with E-state index in [4.69, 9.17) is 0 Å². The second-order valence-electron chi connectivity index (χ2n) is 1.90. The van der Waals surface area contributed by atoms with Gasteiger partial charge >= 0.3 is 0 Å². The van der Waals surface area contributed by atoms with Crippen molar-refractivity contribution < 1.29 is 5.11 Å². The first-order chi connectivity index (χ1) is 5.46. The molecule has 0 aromatic heterocycles. The van der Waals surface area contributed by atoms with Crippen LogP contribution >= 0.6 is 113 Å². The Morgan fingerprint density at radius 1 is 0.583 bits per heavy atom. The summed E-state index contributed by atoms with van der Waals surface area (Å²) in [5.41, 5.74) is 0. The minimum Gasteiger partial charge on any atom is -0.871 e.